The van der Waals surface area contributed by atoms with Gasteiger partial charge in [-0.15, -0.1) is 0 Å². The molecule has 9 heteroatoms. The van der Waals surface area contributed by atoms with Crippen LogP contribution in [0.5, 0.6) is 0 Å². The third-order valence-corrected chi connectivity index (χ3v) is 17.9. The standard InChI is InChI=1S/C75H143NO8/c1-3-5-7-9-11-13-15-17-19-21-23-25-27-28-29-30-31-32-33-34-35-36-37-38-39-40-41-42-43-45-47-49-51-53-55-57-59-61-63-65-71(79)76-68(67-83-75-74(82)73(81)72(80)70(66-77)84-75)69(78)64-62-60-58-56-54-52-50-48-46-44-26-24-22-20-18-16-14-12-10-8-6-4-2/h21,23,54,56,62,64,68-70,72-75,77-78,80-82H,3-20,22,24-53,55,57-61,63,65-67H2,1-2H3,(H,76,79)/b23-21-,56-54+,64-62+. The summed E-state index contributed by atoms with van der Waals surface area (Å²) in [6, 6.07) is -0.821. The molecular weight excluding hydrogens is 1040 g/mol. The van der Waals surface area contributed by atoms with E-state index in [0.717, 1.165) is 38.5 Å². The molecule has 0 bridgehead atoms. The molecule has 1 fully saturated rings. The maximum Gasteiger partial charge on any atom is 0.220 e. The van der Waals surface area contributed by atoms with Gasteiger partial charge in [0.1, 0.15) is 24.4 Å². The highest BCUT2D eigenvalue weighted by Crippen LogP contribution is 2.24. The minimum absolute atomic E-state index is 0.178. The summed E-state index contributed by atoms with van der Waals surface area (Å²) < 4.78 is 11.3. The second-order valence-electron chi connectivity index (χ2n) is 26.1. The Morgan fingerprint density at radius 1 is 0.393 bits per heavy atom. The average molecular weight is 1190 g/mol. The molecule has 0 radical (unpaired) electrons. The first-order valence-corrected chi connectivity index (χ1v) is 37.2. The summed E-state index contributed by atoms with van der Waals surface area (Å²) in [6.07, 6.45) is 80.0. The summed E-state index contributed by atoms with van der Waals surface area (Å²) in [5.41, 5.74) is 0. The zero-order valence-electron chi connectivity index (χ0n) is 55.7. The summed E-state index contributed by atoms with van der Waals surface area (Å²) >= 11 is 0. The maximum absolute atomic E-state index is 13.1. The van der Waals surface area contributed by atoms with Crippen molar-refractivity contribution in [1.29, 1.82) is 0 Å². The van der Waals surface area contributed by atoms with Crippen molar-refractivity contribution in [3.8, 4) is 0 Å². The molecule has 0 aliphatic carbocycles. The highest BCUT2D eigenvalue weighted by atomic mass is 16.7. The van der Waals surface area contributed by atoms with E-state index in [0.29, 0.717) is 6.42 Å². The van der Waals surface area contributed by atoms with Crippen LogP contribution in [0.1, 0.15) is 380 Å². The molecule has 1 rings (SSSR count). The molecule has 0 spiro atoms. The number of carbonyl (C=O) groups excluding carboxylic acids is 1. The van der Waals surface area contributed by atoms with Crippen LogP contribution in [-0.4, -0.2) is 87.5 Å². The number of unbranched alkanes of at least 4 members (excludes halogenated alkanes) is 52. The first-order chi connectivity index (χ1) is 41.3. The van der Waals surface area contributed by atoms with Crippen molar-refractivity contribution in [3.05, 3.63) is 36.5 Å². The Labute approximate surface area is 521 Å². The number of allylic oxidation sites excluding steroid dienone is 5. The number of amides is 1. The Hall–Kier alpha value is -1.59. The van der Waals surface area contributed by atoms with Crippen molar-refractivity contribution in [2.24, 2.45) is 0 Å². The fourth-order valence-electron chi connectivity index (χ4n) is 12.1. The number of rotatable bonds is 66. The normalized spacial score (nSPS) is 18.3. The minimum Gasteiger partial charge on any atom is -0.394 e. The van der Waals surface area contributed by atoms with Crippen LogP contribution in [0.3, 0.4) is 0 Å². The van der Waals surface area contributed by atoms with Crippen LogP contribution in [0, 0.1) is 0 Å². The number of carbonyl (C=O) groups is 1. The predicted octanol–water partition coefficient (Wildman–Crippen LogP) is 20.6. The van der Waals surface area contributed by atoms with Crippen LogP contribution in [0.15, 0.2) is 36.5 Å². The van der Waals surface area contributed by atoms with Crippen LogP contribution >= 0.6 is 0 Å². The highest BCUT2D eigenvalue weighted by Gasteiger charge is 2.44. The van der Waals surface area contributed by atoms with Gasteiger partial charge in [-0.2, -0.15) is 0 Å². The highest BCUT2D eigenvalue weighted by molar-refractivity contribution is 5.76. The second kappa shape index (κ2) is 64.4. The van der Waals surface area contributed by atoms with Gasteiger partial charge >= 0.3 is 0 Å². The topological polar surface area (TPSA) is 149 Å². The maximum atomic E-state index is 13.1. The molecule has 496 valence electrons. The molecule has 9 nitrogen and oxygen atoms in total. The lowest BCUT2D eigenvalue weighted by Crippen LogP contribution is -2.60. The zero-order chi connectivity index (χ0) is 60.7. The largest absolute Gasteiger partial charge is 0.394 e. The molecule has 84 heavy (non-hydrogen) atoms. The molecule has 0 aromatic rings. The summed E-state index contributed by atoms with van der Waals surface area (Å²) in [4.78, 5) is 13.1. The van der Waals surface area contributed by atoms with Gasteiger partial charge in [0.15, 0.2) is 6.29 Å². The predicted molar refractivity (Wildman–Crippen MR) is 360 cm³/mol. The number of aliphatic hydroxyl groups excluding tert-OH is 5. The summed E-state index contributed by atoms with van der Waals surface area (Å²) in [7, 11) is 0. The van der Waals surface area contributed by atoms with Crippen molar-refractivity contribution in [1.82, 2.24) is 5.32 Å². The second-order valence-corrected chi connectivity index (χ2v) is 26.1. The molecule has 1 saturated heterocycles. The van der Waals surface area contributed by atoms with Gasteiger partial charge in [0, 0.05) is 6.42 Å². The van der Waals surface area contributed by atoms with E-state index >= 15 is 0 Å². The number of hydrogen-bond acceptors (Lipinski definition) is 8. The third-order valence-electron chi connectivity index (χ3n) is 17.9. The van der Waals surface area contributed by atoms with E-state index in [4.69, 9.17) is 9.47 Å². The van der Waals surface area contributed by atoms with E-state index in [-0.39, 0.29) is 12.5 Å². The van der Waals surface area contributed by atoms with Gasteiger partial charge in [-0.1, -0.05) is 352 Å². The Kier molecular flexibility index (Phi) is 61.7. The lowest BCUT2D eigenvalue weighted by atomic mass is 9.99. The van der Waals surface area contributed by atoms with Gasteiger partial charge in [-0.3, -0.25) is 4.79 Å². The fourth-order valence-corrected chi connectivity index (χ4v) is 12.1. The molecule has 6 N–H and O–H groups in total. The molecule has 1 aliphatic heterocycles. The van der Waals surface area contributed by atoms with Crippen molar-refractivity contribution in [3.63, 3.8) is 0 Å². The van der Waals surface area contributed by atoms with E-state index < -0.39 is 49.5 Å². The molecule has 7 atom stereocenters. The van der Waals surface area contributed by atoms with Crippen molar-refractivity contribution < 1.29 is 39.8 Å². The molecule has 7 unspecified atom stereocenters. The third kappa shape index (κ3) is 52.4. The van der Waals surface area contributed by atoms with Crippen LogP contribution in [0.4, 0.5) is 0 Å². The summed E-state index contributed by atoms with van der Waals surface area (Å²) in [5.74, 6) is -0.178. The van der Waals surface area contributed by atoms with Crippen molar-refractivity contribution in [2.45, 2.75) is 423 Å². The smallest absolute Gasteiger partial charge is 0.220 e. The molecular formula is C75H143NO8. The van der Waals surface area contributed by atoms with E-state index in [2.05, 4.69) is 43.5 Å². The lowest BCUT2D eigenvalue weighted by molar-refractivity contribution is -0.302. The summed E-state index contributed by atoms with van der Waals surface area (Å²) in [5, 5.41) is 54.7. The van der Waals surface area contributed by atoms with Crippen molar-refractivity contribution >= 4 is 5.91 Å². The van der Waals surface area contributed by atoms with E-state index in [1.165, 1.54) is 321 Å². The van der Waals surface area contributed by atoms with Crippen LogP contribution in [-0.2, 0) is 14.3 Å². The molecule has 0 saturated carbocycles. The van der Waals surface area contributed by atoms with Crippen molar-refractivity contribution in [2.75, 3.05) is 13.2 Å². The Balaban J connectivity index is 2.06. The lowest BCUT2D eigenvalue weighted by Gasteiger charge is -2.40. The van der Waals surface area contributed by atoms with Gasteiger partial charge < -0.3 is 40.3 Å². The Bertz CT molecular complexity index is 1420. The first-order valence-electron chi connectivity index (χ1n) is 37.2. The quantitative estimate of drug-likeness (QED) is 0.0261. The monoisotopic (exact) mass is 1190 g/mol. The Morgan fingerprint density at radius 2 is 0.679 bits per heavy atom. The number of aliphatic hydroxyl groups is 5. The number of nitrogens with one attached hydrogen (secondary N) is 1. The summed E-state index contributed by atoms with van der Waals surface area (Å²) in [6.45, 7) is 3.82. The van der Waals surface area contributed by atoms with Crippen LogP contribution in [0.25, 0.3) is 0 Å². The van der Waals surface area contributed by atoms with Gasteiger partial charge in [0.05, 0.1) is 25.4 Å². The Morgan fingerprint density at radius 3 is 1.00 bits per heavy atom. The van der Waals surface area contributed by atoms with Gasteiger partial charge in [0.2, 0.25) is 5.91 Å². The van der Waals surface area contributed by atoms with Gasteiger partial charge in [0.25, 0.3) is 0 Å². The van der Waals surface area contributed by atoms with Crippen LogP contribution in [0.2, 0.25) is 0 Å². The zero-order valence-corrected chi connectivity index (χ0v) is 55.7. The first kappa shape index (κ1) is 80.4. The number of ether oxygens (including phenoxy) is 2. The van der Waals surface area contributed by atoms with E-state index in [1.54, 1.807) is 6.08 Å². The van der Waals surface area contributed by atoms with Gasteiger partial charge in [-0.25, -0.2) is 0 Å². The minimum atomic E-state index is -1.57. The fraction of sp³-hybridized carbons (Fsp3) is 0.907. The van der Waals surface area contributed by atoms with Crippen LogP contribution < -0.4 is 5.32 Å². The average Bonchev–Trinajstić information content (AvgIpc) is 3.70. The molecule has 1 aliphatic rings. The van der Waals surface area contributed by atoms with Gasteiger partial charge in [-0.05, 0) is 57.8 Å². The molecule has 1 heterocycles. The number of hydrogen-bond donors (Lipinski definition) is 6. The SMILES string of the molecule is CCCCCCCCCC/C=C\CCCCCCCCCCCCCCCCCCCCCCCCCCCCCC(=O)NC(COC1OC(CO)C(O)C(O)C1O)C(O)/C=C/CC/C=C/CCCCCCCCCCCCCCCCCC. The molecule has 1 amide bonds. The molecule has 0 aromatic heterocycles. The van der Waals surface area contributed by atoms with E-state index in [1.807, 2.05) is 6.08 Å². The van der Waals surface area contributed by atoms with E-state index in [9.17, 15) is 30.3 Å². The molecule has 0 aromatic carbocycles.